The van der Waals surface area contributed by atoms with Gasteiger partial charge in [0.1, 0.15) is 0 Å². The Morgan fingerprint density at radius 3 is 2.38 bits per heavy atom. The number of ether oxygens (including phenoxy) is 1. The van der Waals surface area contributed by atoms with Crippen LogP contribution in [-0.2, 0) is 16.0 Å². The summed E-state index contributed by atoms with van der Waals surface area (Å²) in [6, 6.07) is 19.2. The number of amides is 2. The highest BCUT2D eigenvalue weighted by Gasteiger charge is 2.09. The van der Waals surface area contributed by atoms with Crippen LogP contribution >= 0.6 is 0 Å². The van der Waals surface area contributed by atoms with E-state index >= 15 is 0 Å². The number of carbonyl (C=O) groups is 2. The van der Waals surface area contributed by atoms with E-state index in [4.69, 9.17) is 4.74 Å². The number of para-hydroxylation sites is 1. The summed E-state index contributed by atoms with van der Waals surface area (Å²) in [5.41, 5.74) is 5.45. The number of benzene rings is 3. The van der Waals surface area contributed by atoms with Crippen molar-refractivity contribution in [2.75, 3.05) is 6.61 Å². The summed E-state index contributed by atoms with van der Waals surface area (Å²) in [7, 11) is 0. The second-order valence-electron chi connectivity index (χ2n) is 5.63. The minimum absolute atomic E-state index is 0.0234. The van der Waals surface area contributed by atoms with Crippen molar-refractivity contribution < 1.29 is 18.7 Å². The molecule has 132 valence electrons. The molecule has 0 aliphatic carbocycles. The highest BCUT2D eigenvalue weighted by molar-refractivity contribution is 5.91. The Balaban J connectivity index is 1.50. The molecule has 0 fully saturated rings. The lowest BCUT2D eigenvalue weighted by Crippen LogP contribution is -2.44. The van der Waals surface area contributed by atoms with E-state index in [0.717, 1.165) is 16.3 Å². The van der Waals surface area contributed by atoms with E-state index in [1.165, 1.54) is 18.2 Å². The monoisotopic (exact) mass is 352 g/mol. The van der Waals surface area contributed by atoms with Crippen molar-refractivity contribution in [2.24, 2.45) is 0 Å². The van der Waals surface area contributed by atoms with Crippen molar-refractivity contribution in [1.29, 1.82) is 0 Å². The molecule has 2 amide bonds. The van der Waals surface area contributed by atoms with Crippen LogP contribution in [0, 0.1) is 5.82 Å². The van der Waals surface area contributed by atoms with Crippen LogP contribution in [0.4, 0.5) is 4.39 Å². The fraction of sp³-hybridized carbons (Fsp3) is 0.100. The van der Waals surface area contributed by atoms with Gasteiger partial charge in [-0.3, -0.25) is 20.4 Å². The predicted octanol–water partition coefficient (Wildman–Crippen LogP) is 2.75. The average Bonchev–Trinajstić information content (AvgIpc) is 2.66. The maximum absolute atomic E-state index is 13.4. The van der Waals surface area contributed by atoms with Crippen LogP contribution in [0.2, 0.25) is 0 Å². The van der Waals surface area contributed by atoms with Gasteiger partial charge in [-0.15, -0.1) is 0 Å². The lowest BCUT2D eigenvalue weighted by molar-refractivity contribution is -0.129. The van der Waals surface area contributed by atoms with E-state index in [1.54, 1.807) is 6.07 Å². The Labute approximate surface area is 149 Å². The molecular weight excluding hydrogens is 335 g/mol. The summed E-state index contributed by atoms with van der Waals surface area (Å²) in [5, 5.41) is 2.03. The first kappa shape index (κ1) is 17.4. The molecular formula is C20H17FN2O3. The quantitative estimate of drug-likeness (QED) is 0.694. The minimum Gasteiger partial charge on any atom is -0.481 e. The maximum atomic E-state index is 13.4. The first-order chi connectivity index (χ1) is 12.6. The van der Waals surface area contributed by atoms with Crippen molar-refractivity contribution in [3.63, 3.8) is 0 Å². The molecule has 0 spiro atoms. The van der Waals surface area contributed by atoms with Gasteiger partial charge in [0.15, 0.2) is 18.2 Å². The number of halogens is 1. The molecule has 0 atom stereocenters. The Morgan fingerprint density at radius 2 is 1.54 bits per heavy atom. The number of fused-ring (bicyclic) bond motifs is 1. The standard InChI is InChI=1S/C20H17FN2O3/c21-17-10-3-4-11-18(17)26-13-20(25)23-22-19(24)12-15-8-5-7-14-6-1-2-9-16(14)15/h1-11H,12-13H2,(H,22,24)(H,23,25). The zero-order chi connectivity index (χ0) is 18.4. The lowest BCUT2D eigenvalue weighted by atomic mass is 10.0. The van der Waals surface area contributed by atoms with Crippen molar-refractivity contribution in [1.82, 2.24) is 10.9 Å². The molecule has 0 aliphatic rings. The van der Waals surface area contributed by atoms with Gasteiger partial charge in [0.25, 0.3) is 5.91 Å². The Kier molecular flexibility index (Phi) is 5.43. The van der Waals surface area contributed by atoms with Crippen LogP contribution in [0.1, 0.15) is 5.56 Å². The molecule has 0 unspecified atom stereocenters. The fourth-order valence-corrected chi connectivity index (χ4v) is 2.54. The fourth-order valence-electron chi connectivity index (χ4n) is 2.54. The maximum Gasteiger partial charge on any atom is 0.276 e. The van der Waals surface area contributed by atoms with E-state index < -0.39 is 18.3 Å². The third-order valence-electron chi connectivity index (χ3n) is 3.77. The zero-order valence-corrected chi connectivity index (χ0v) is 13.9. The molecule has 3 aromatic rings. The number of nitrogens with one attached hydrogen (secondary N) is 2. The number of hydrogen-bond donors (Lipinski definition) is 2. The molecule has 0 radical (unpaired) electrons. The van der Waals surface area contributed by atoms with Crippen molar-refractivity contribution in [3.8, 4) is 5.75 Å². The second-order valence-corrected chi connectivity index (χ2v) is 5.63. The molecule has 0 saturated carbocycles. The third kappa shape index (κ3) is 4.36. The minimum atomic E-state index is -0.584. The molecule has 2 N–H and O–H groups in total. The molecule has 3 aromatic carbocycles. The average molecular weight is 352 g/mol. The first-order valence-electron chi connectivity index (χ1n) is 8.05. The lowest BCUT2D eigenvalue weighted by Gasteiger charge is -2.10. The zero-order valence-electron chi connectivity index (χ0n) is 13.9. The number of hydrazine groups is 1. The van der Waals surface area contributed by atoms with Crippen LogP contribution in [0.25, 0.3) is 10.8 Å². The summed E-state index contributed by atoms with van der Waals surface area (Å²) in [5.74, 6) is -1.52. The van der Waals surface area contributed by atoms with E-state index in [1.807, 2.05) is 42.5 Å². The van der Waals surface area contributed by atoms with Gasteiger partial charge in [0.05, 0.1) is 6.42 Å². The predicted molar refractivity (Wildman–Crippen MR) is 95.8 cm³/mol. The molecule has 0 bridgehead atoms. The van der Waals surface area contributed by atoms with Gasteiger partial charge in [-0.1, -0.05) is 54.6 Å². The van der Waals surface area contributed by atoms with Crippen LogP contribution in [0.3, 0.4) is 0 Å². The van der Waals surface area contributed by atoms with E-state index in [0.29, 0.717) is 0 Å². The van der Waals surface area contributed by atoms with Gasteiger partial charge < -0.3 is 4.74 Å². The topological polar surface area (TPSA) is 67.4 Å². The van der Waals surface area contributed by atoms with Crippen LogP contribution in [-0.4, -0.2) is 18.4 Å². The Bertz CT molecular complexity index is 938. The second kappa shape index (κ2) is 8.11. The molecule has 3 rings (SSSR count). The summed E-state index contributed by atoms with van der Waals surface area (Å²) in [6.07, 6.45) is 0.121. The SMILES string of the molecule is O=C(COc1ccccc1F)NNC(=O)Cc1cccc2ccccc12. The van der Waals surface area contributed by atoms with Gasteiger partial charge in [0.2, 0.25) is 5.91 Å². The summed E-state index contributed by atoms with van der Waals surface area (Å²) < 4.78 is 18.5. The normalized spacial score (nSPS) is 10.3. The highest BCUT2D eigenvalue weighted by Crippen LogP contribution is 2.18. The van der Waals surface area contributed by atoms with Crippen LogP contribution < -0.4 is 15.6 Å². The highest BCUT2D eigenvalue weighted by atomic mass is 19.1. The number of rotatable bonds is 5. The third-order valence-corrected chi connectivity index (χ3v) is 3.77. The number of hydrogen-bond acceptors (Lipinski definition) is 3. The molecule has 0 aromatic heterocycles. The van der Waals surface area contributed by atoms with Crippen molar-refractivity contribution in [3.05, 3.63) is 78.1 Å². The molecule has 6 heteroatoms. The van der Waals surface area contributed by atoms with Crippen LogP contribution in [0.15, 0.2) is 66.7 Å². The van der Waals surface area contributed by atoms with Gasteiger partial charge >= 0.3 is 0 Å². The molecule has 5 nitrogen and oxygen atoms in total. The Hall–Kier alpha value is -3.41. The van der Waals surface area contributed by atoms with Gasteiger partial charge in [-0.2, -0.15) is 0 Å². The summed E-state index contributed by atoms with van der Waals surface area (Å²) >= 11 is 0. The van der Waals surface area contributed by atoms with E-state index in [9.17, 15) is 14.0 Å². The smallest absolute Gasteiger partial charge is 0.276 e. The van der Waals surface area contributed by atoms with Gasteiger partial charge in [-0.25, -0.2) is 4.39 Å². The molecule has 0 aliphatic heterocycles. The van der Waals surface area contributed by atoms with Gasteiger partial charge in [-0.05, 0) is 28.5 Å². The van der Waals surface area contributed by atoms with Crippen LogP contribution in [0.5, 0.6) is 5.75 Å². The Morgan fingerprint density at radius 1 is 0.846 bits per heavy atom. The molecule has 0 heterocycles. The molecule has 26 heavy (non-hydrogen) atoms. The van der Waals surface area contributed by atoms with E-state index in [2.05, 4.69) is 10.9 Å². The van der Waals surface area contributed by atoms with Gasteiger partial charge in [0, 0.05) is 0 Å². The first-order valence-corrected chi connectivity index (χ1v) is 8.05. The van der Waals surface area contributed by atoms with Crippen molar-refractivity contribution >= 4 is 22.6 Å². The van der Waals surface area contributed by atoms with E-state index in [-0.39, 0.29) is 18.1 Å². The summed E-state index contributed by atoms with van der Waals surface area (Å²) in [4.78, 5) is 23.8. The molecule has 0 saturated heterocycles. The largest absolute Gasteiger partial charge is 0.481 e. The summed E-state index contributed by atoms with van der Waals surface area (Å²) in [6.45, 7) is -0.407. The number of carbonyl (C=O) groups excluding carboxylic acids is 2. The van der Waals surface area contributed by atoms with Crippen molar-refractivity contribution in [2.45, 2.75) is 6.42 Å².